The Labute approximate surface area is 69.4 Å². The monoisotopic (exact) mass is 154 g/mol. The van der Waals surface area contributed by atoms with Crippen LogP contribution in [0.4, 0.5) is 0 Å². The number of hydrogen-bond acceptors (Lipinski definition) is 1. The third-order valence-electron chi connectivity index (χ3n) is 1.44. The van der Waals surface area contributed by atoms with Crippen molar-refractivity contribution in [2.45, 2.75) is 39.5 Å². The second kappa shape index (κ2) is 9.34. The minimum absolute atomic E-state index is 0.928. The van der Waals surface area contributed by atoms with Crippen LogP contribution < -0.4 is 0 Å². The van der Waals surface area contributed by atoms with E-state index in [1.165, 1.54) is 25.7 Å². The van der Waals surface area contributed by atoms with Crippen molar-refractivity contribution < 1.29 is 0 Å². The van der Waals surface area contributed by atoms with Crippen molar-refractivity contribution >= 4 is 12.6 Å². The molecule has 2 nitrogen and oxygen atoms in total. The van der Waals surface area contributed by atoms with Crippen LogP contribution >= 0.6 is 0 Å². The van der Waals surface area contributed by atoms with Gasteiger partial charge in [0.2, 0.25) is 0 Å². The van der Waals surface area contributed by atoms with Gasteiger partial charge >= 0.3 is 0 Å². The van der Waals surface area contributed by atoms with Crippen LogP contribution in [0.15, 0.2) is 9.98 Å². The van der Waals surface area contributed by atoms with Crippen molar-refractivity contribution in [3.63, 3.8) is 0 Å². The van der Waals surface area contributed by atoms with E-state index in [1.54, 1.807) is 12.6 Å². The zero-order valence-corrected chi connectivity index (χ0v) is 7.58. The highest BCUT2D eigenvalue weighted by Crippen LogP contribution is 1.97. The van der Waals surface area contributed by atoms with Crippen molar-refractivity contribution in [1.82, 2.24) is 0 Å². The third-order valence-corrected chi connectivity index (χ3v) is 1.44. The number of nitrogens with zero attached hydrogens (tertiary/aromatic N) is 2. The Morgan fingerprint density at radius 2 is 2.00 bits per heavy atom. The highest BCUT2D eigenvalue weighted by molar-refractivity contribution is 5.70. The maximum atomic E-state index is 4.11. The third kappa shape index (κ3) is 9.34. The summed E-state index contributed by atoms with van der Waals surface area (Å²) in [6.45, 7) is 5.03. The zero-order valence-electron chi connectivity index (χ0n) is 7.58. The van der Waals surface area contributed by atoms with E-state index >= 15 is 0 Å². The molecule has 0 rings (SSSR count). The first-order valence-corrected chi connectivity index (χ1v) is 4.38. The van der Waals surface area contributed by atoms with Crippen LogP contribution in [0.2, 0.25) is 0 Å². The van der Waals surface area contributed by atoms with E-state index in [-0.39, 0.29) is 0 Å². The van der Waals surface area contributed by atoms with E-state index in [2.05, 4.69) is 16.9 Å². The fraction of sp³-hybridized carbons (Fsp3) is 0.778. The number of unbranched alkanes of at least 4 members (excludes halogenated alkanes) is 3. The fourth-order valence-corrected chi connectivity index (χ4v) is 0.801. The molecule has 0 aromatic rings. The van der Waals surface area contributed by atoms with E-state index in [1.807, 2.05) is 6.92 Å². The summed E-state index contributed by atoms with van der Waals surface area (Å²) in [4.78, 5) is 7.98. The van der Waals surface area contributed by atoms with Gasteiger partial charge in [0.25, 0.3) is 0 Å². The summed E-state index contributed by atoms with van der Waals surface area (Å²) in [5.74, 6) is 0. The van der Waals surface area contributed by atoms with Gasteiger partial charge in [-0.1, -0.05) is 26.2 Å². The second-order valence-electron chi connectivity index (χ2n) is 2.49. The SMILES string of the molecule is CC=NC=NCCCCCC. The minimum atomic E-state index is 0.928. The number of aliphatic imine (C=N–C) groups is 2. The molecule has 0 aromatic heterocycles. The molecule has 0 aliphatic rings. The van der Waals surface area contributed by atoms with E-state index in [9.17, 15) is 0 Å². The fourth-order valence-electron chi connectivity index (χ4n) is 0.801. The Kier molecular flexibility index (Phi) is 8.78. The first-order chi connectivity index (χ1) is 5.41. The Bertz CT molecular complexity index is 117. The molecule has 0 bridgehead atoms. The lowest BCUT2D eigenvalue weighted by Gasteiger charge is -1.92. The average molecular weight is 154 g/mol. The Morgan fingerprint density at radius 1 is 1.18 bits per heavy atom. The van der Waals surface area contributed by atoms with Gasteiger partial charge in [-0.05, 0) is 13.3 Å². The largest absolute Gasteiger partial charge is 0.274 e. The molecule has 11 heavy (non-hydrogen) atoms. The van der Waals surface area contributed by atoms with Gasteiger partial charge in [-0.3, -0.25) is 4.99 Å². The normalized spacial score (nSPS) is 11.8. The maximum Gasteiger partial charge on any atom is 0.109 e. The van der Waals surface area contributed by atoms with Crippen molar-refractivity contribution in [3.8, 4) is 0 Å². The molecule has 0 N–H and O–H groups in total. The van der Waals surface area contributed by atoms with Crippen LogP contribution in [0.3, 0.4) is 0 Å². The molecule has 2 heteroatoms. The van der Waals surface area contributed by atoms with Gasteiger partial charge in [0.1, 0.15) is 6.34 Å². The molecule has 0 radical (unpaired) electrons. The molecule has 64 valence electrons. The number of hydrogen-bond donors (Lipinski definition) is 0. The molecule has 0 unspecified atom stereocenters. The molecule has 0 aliphatic heterocycles. The van der Waals surface area contributed by atoms with Crippen LogP contribution in [0.1, 0.15) is 39.5 Å². The minimum Gasteiger partial charge on any atom is -0.274 e. The molecule has 0 saturated carbocycles. The molecule has 0 saturated heterocycles. The molecule has 0 heterocycles. The predicted octanol–water partition coefficient (Wildman–Crippen LogP) is 2.69. The van der Waals surface area contributed by atoms with Gasteiger partial charge in [-0.2, -0.15) is 0 Å². The van der Waals surface area contributed by atoms with E-state index in [0.717, 1.165) is 6.54 Å². The van der Waals surface area contributed by atoms with Crippen LogP contribution in [0.5, 0.6) is 0 Å². The maximum absolute atomic E-state index is 4.11. The van der Waals surface area contributed by atoms with Gasteiger partial charge in [0.15, 0.2) is 0 Å². The molecular formula is C9H18N2. The van der Waals surface area contributed by atoms with Gasteiger partial charge < -0.3 is 0 Å². The van der Waals surface area contributed by atoms with Crippen molar-refractivity contribution in [1.29, 1.82) is 0 Å². The van der Waals surface area contributed by atoms with Gasteiger partial charge in [-0.15, -0.1) is 0 Å². The molecule has 0 atom stereocenters. The molecule has 0 aliphatic carbocycles. The van der Waals surface area contributed by atoms with E-state index in [0.29, 0.717) is 0 Å². The second-order valence-corrected chi connectivity index (χ2v) is 2.49. The van der Waals surface area contributed by atoms with Gasteiger partial charge in [0, 0.05) is 12.8 Å². The van der Waals surface area contributed by atoms with Crippen molar-refractivity contribution in [2.24, 2.45) is 9.98 Å². The van der Waals surface area contributed by atoms with E-state index in [4.69, 9.17) is 0 Å². The summed E-state index contributed by atoms with van der Waals surface area (Å²) in [6, 6.07) is 0. The average Bonchev–Trinajstić information content (AvgIpc) is 2.03. The highest BCUT2D eigenvalue weighted by atomic mass is 14.8. The Hall–Kier alpha value is -0.660. The van der Waals surface area contributed by atoms with Crippen molar-refractivity contribution in [2.75, 3.05) is 6.54 Å². The predicted molar refractivity (Wildman–Crippen MR) is 51.7 cm³/mol. The molecule has 0 aromatic carbocycles. The molecule has 0 fully saturated rings. The van der Waals surface area contributed by atoms with Crippen molar-refractivity contribution in [3.05, 3.63) is 0 Å². The first kappa shape index (κ1) is 10.3. The standard InChI is InChI=1S/C9H18N2/c1-3-5-6-7-8-11-9-10-4-2/h4,9H,3,5-8H2,1-2H3. The summed E-state index contributed by atoms with van der Waals surface area (Å²) >= 11 is 0. The topological polar surface area (TPSA) is 24.7 Å². The molecule has 0 spiro atoms. The van der Waals surface area contributed by atoms with Crippen LogP contribution in [0.25, 0.3) is 0 Å². The Morgan fingerprint density at radius 3 is 2.64 bits per heavy atom. The Balaban J connectivity index is 3.01. The lowest BCUT2D eigenvalue weighted by atomic mass is 10.2. The molecule has 0 amide bonds. The summed E-state index contributed by atoms with van der Waals surface area (Å²) in [7, 11) is 0. The highest BCUT2D eigenvalue weighted by Gasteiger charge is 1.83. The summed E-state index contributed by atoms with van der Waals surface area (Å²) in [6.07, 6.45) is 8.48. The van der Waals surface area contributed by atoms with Gasteiger partial charge in [0.05, 0.1) is 0 Å². The smallest absolute Gasteiger partial charge is 0.109 e. The van der Waals surface area contributed by atoms with Crippen LogP contribution in [0, 0.1) is 0 Å². The summed E-state index contributed by atoms with van der Waals surface area (Å²) in [5.41, 5.74) is 0. The lowest BCUT2D eigenvalue weighted by Crippen LogP contribution is -1.81. The summed E-state index contributed by atoms with van der Waals surface area (Å²) < 4.78 is 0. The van der Waals surface area contributed by atoms with Crippen LogP contribution in [-0.2, 0) is 0 Å². The summed E-state index contributed by atoms with van der Waals surface area (Å²) in [5, 5.41) is 0. The quantitative estimate of drug-likeness (QED) is 0.319. The lowest BCUT2D eigenvalue weighted by molar-refractivity contribution is 0.675. The van der Waals surface area contributed by atoms with Gasteiger partial charge in [-0.25, -0.2) is 4.99 Å². The molecular weight excluding hydrogens is 136 g/mol. The first-order valence-electron chi connectivity index (χ1n) is 4.38. The zero-order chi connectivity index (χ0) is 8.36. The van der Waals surface area contributed by atoms with E-state index < -0.39 is 0 Å². The van der Waals surface area contributed by atoms with Crippen LogP contribution in [-0.4, -0.2) is 19.1 Å². The number of rotatable bonds is 6.